The van der Waals surface area contributed by atoms with Crippen LogP contribution in [0, 0.1) is 5.41 Å². The van der Waals surface area contributed by atoms with Gasteiger partial charge in [0.25, 0.3) is 0 Å². The highest BCUT2D eigenvalue weighted by Gasteiger charge is 2.30. The van der Waals surface area contributed by atoms with Crippen LogP contribution in [0.5, 0.6) is 0 Å². The van der Waals surface area contributed by atoms with Crippen LogP contribution in [0.3, 0.4) is 0 Å². The Kier molecular flexibility index (Phi) is 3.73. The van der Waals surface area contributed by atoms with E-state index in [1.54, 1.807) is 0 Å². The zero-order valence-electron chi connectivity index (χ0n) is 10.8. The van der Waals surface area contributed by atoms with Crippen LogP contribution in [-0.4, -0.2) is 25.1 Å². The smallest absolute Gasteiger partial charge is 0.133 e. The molecule has 0 atom stereocenters. The number of halogens is 1. The molecule has 1 fully saturated rings. The molecule has 1 saturated heterocycles. The Balaban J connectivity index is 2.26. The first-order valence-electron chi connectivity index (χ1n) is 6.06. The topological polar surface area (TPSA) is 28.2 Å². The molecule has 1 aliphatic heterocycles. The summed E-state index contributed by atoms with van der Waals surface area (Å²) in [6, 6.07) is 2.16. The van der Waals surface area contributed by atoms with Gasteiger partial charge in [0, 0.05) is 35.9 Å². The van der Waals surface area contributed by atoms with Gasteiger partial charge in [-0.3, -0.25) is 0 Å². The molecule has 1 aromatic heterocycles. The Bertz CT molecular complexity index is 404. The van der Waals surface area contributed by atoms with E-state index in [2.05, 4.69) is 51.0 Å². The molecular weight excluding hydrogens is 278 g/mol. The van der Waals surface area contributed by atoms with Crippen LogP contribution >= 0.6 is 15.9 Å². The van der Waals surface area contributed by atoms with Gasteiger partial charge in [-0.15, -0.1) is 0 Å². The van der Waals surface area contributed by atoms with Crippen molar-refractivity contribution >= 4 is 21.7 Å². The lowest BCUT2D eigenvalue weighted by atomic mass is 9.93. The largest absolute Gasteiger partial charge is 0.356 e. The van der Waals surface area contributed by atoms with Crippen molar-refractivity contribution in [3.8, 4) is 0 Å². The molecule has 0 aliphatic carbocycles. The highest BCUT2D eigenvalue weighted by atomic mass is 79.9. The SMILES string of the molecule is CNCc1cc(Br)cnc1N1CCC(C)(C)C1. The van der Waals surface area contributed by atoms with Gasteiger partial charge < -0.3 is 10.2 Å². The van der Waals surface area contributed by atoms with Gasteiger partial charge >= 0.3 is 0 Å². The molecule has 3 nitrogen and oxygen atoms in total. The van der Waals surface area contributed by atoms with E-state index in [-0.39, 0.29) is 0 Å². The first-order chi connectivity index (χ1) is 8.02. The fourth-order valence-electron chi connectivity index (χ4n) is 2.37. The van der Waals surface area contributed by atoms with Crippen molar-refractivity contribution in [2.75, 3.05) is 25.0 Å². The molecule has 0 unspecified atom stereocenters. The highest BCUT2D eigenvalue weighted by Crippen LogP contribution is 2.33. The third-order valence-corrected chi connectivity index (χ3v) is 3.69. The minimum absolute atomic E-state index is 0.408. The maximum atomic E-state index is 4.58. The number of hydrogen-bond donors (Lipinski definition) is 1. The summed E-state index contributed by atoms with van der Waals surface area (Å²) in [6.07, 6.45) is 3.13. The summed E-state index contributed by atoms with van der Waals surface area (Å²) in [5.41, 5.74) is 1.67. The number of hydrogen-bond acceptors (Lipinski definition) is 3. The Morgan fingerprint density at radius 2 is 2.29 bits per heavy atom. The standard InChI is InChI=1S/C13H20BrN3/c1-13(2)4-5-17(9-13)12-10(7-15-3)6-11(14)8-16-12/h6,8,15H,4-5,7,9H2,1-3H3. The Labute approximate surface area is 112 Å². The van der Waals surface area contributed by atoms with E-state index in [0.29, 0.717) is 5.41 Å². The molecule has 1 aliphatic rings. The molecule has 17 heavy (non-hydrogen) atoms. The van der Waals surface area contributed by atoms with Crippen molar-refractivity contribution in [2.45, 2.75) is 26.8 Å². The molecule has 2 heterocycles. The summed E-state index contributed by atoms with van der Waals surface area (Å²) >= 11 is 3.49. The molecule has 0 aromatic carbocycles. The normalized spacial score (nSPS) is 18.7. The Morgan fingerprint density at radius 3 is 2.88 bits per heavy atom. The van der Waals surface area contributed by atoms with Gasteiger partial charge in [-0.05, 0) is 40.9 Å². The maximum Gasteiger partial charge on any atom is 0.133 e. The van der Waals surface area contributed by atoms with Crippen molar-refractivity contribution in [1.29, 1.82) is 0 Å². The molecular formula is C13H20BrN3. The number of pyridine rings is 1. The van der Waals surface area contributed by atoms with E-state index in [4.69, 9.17) is 0 Å². The van der Waals surface area contributed by atoms with E-state index >= 15 is 0 Å². The van der Waals surface area contributed by atoms with E-state index in [9.17, 15) is 0 Å². The van der Waals surface area contributed by atoms with Gasteiger partial charge in [-0.1, -0.05) is 13.8 Å². The molecule has 0 radical (unpaired) electrons. The molecule has 2 rings (SSSR count). The van der Waals surface area contributed by atoms with Crippen LogP contribution in [0.1, 0.15) is 25.8 Å². The van der Waals surface area contributed by atoms with E-state index < -0.39 is 0 Å². The zero-order chi connectivity index (χ0) is 12.5. The van der Waals surface area contributed by atoms with Crippen molar-refractivity contribution in [2.24, 2.45) is 5.41 Å². The van der Waals surface area contributed by atoms with Crippen LogP contribution < -0.4 is 10.2 Å². The maximum absolute atomic E-state index is 4.58. The predicted octanol–water partition coefficient (Wildman–Crippen LogP) is 2.80. The predicted molar refractivity (Wildman–Crippen MR) is 75.3 cm³/mol. The second kappa shape index (κ2) is 4.94. The average Bonchev–Trinajstić information content (AvgIpc) is 2.59. The molecule has 1 aromatic rings. The number of aromatic nitrogens is 1. The summed E-state index contributed by atoms with van der Waals surface area (Å²) in [7, 11) is 1.97. The van der Waals surface area contributed by atoms with Gasteiger partial charge in [0.05, 0.1) is 0 Å². The van der Waals surface area contributed by atoms with E-state index in [1.807, 2.05) is 13.2 Å². The molecule has 0 bridgehead atoms. The van der Waals surface area contributed by atoms with Crippen LogP contribution in [0.25, 0.3) is 0 Å². The fraction of sp³-hybridized carbons (Fsp3) is 0.615. The number of nitrogens with one attached hydrogen (secondary N) is 1. The van der Waals surface area contributed by atoms with Crippen molar-refractivity contribution in [3.05, 3.63) is 22.3 Å². The Morgan fingerprint density at radius 1 is 1.53 bits per heavy atom. The third kappa shape index (κ3) is 2.99. The van der Waals surface area contributed by atoms with Crippen molar-refractivity contribution in [1.82, 2.24) is 10.3 Å². The van der Waals surface area contributed by atoms with Crippen LogP contribution in [0.4, 0.5) is 5.82 Å². The quantitative estimate of drug-likeness (QED) is 0.930. The number of nitrogens with zero attached hydrogens (tertiary/aromatic N) is 2. The fourth-order valence-corrected chi connectivity index (χ4v) is 2.75. The molecule has 94 valence electrons. The second-order valence-corrected chi connectivity index (χ2v) is 6.42. The highest BCUT2D eigenvalue weighted by molar-refractivity contribution is 9.10. The monoisotopic (exact) mass is 297 g/mol. The van der Waals surface area contributed by atoms with Gasteiger partial charge in [-0.2, -0.15) is 0 Å². The minimum atomic E-state index is 0.408. The summed E-state index contributed by atoms with van der Waals surface area (Å²) < 4.78 is 1.05. The Hall–Kier alpha value is -0.610. The number of anilines is 1. The first kappa shape index (κ1) is 12.8. The molecule has 0 amide bonds. The lowest BCUT2D eigenvalue weighted by molar-refractivity contribution is 0.418. The van der Waals surface area contributed by atoms with Crippen molar-refractivity contribution < 1.29 is 0 Å². The summed E-state index contributed by atoms with van der Waals surface area (Å²) in [5, 5.41) is 3.21. The second-order valence-electron chi connectivity index (χ2n) is 5.50. The summed E-state index contributed by atoms with van der Waals surface area (Å²) in [6.45, 7) is 7.71. The first-order valence-corrected chi connectivity index (χ1v) is 6.85. The summed E-state index contributed by atoms with van der Waals surface area (Å²) in [4.78, 5) is 6.99. The van der Waals surface area contributed by atoms with Crippen LogP contribution in [0.2, 0.25) is 0 Å². The third-order valence-electron chi connectivity index (χ3n) is 3.25. The lowest BCUT2D eigenvalue weighted by Gasteiger charge is -2.23. The number of rotatable bonds is 3. The van der Waals surface area contributed by atoms with Gasteiger partial charge in [0.15, 0.2) is 0 Å². The van der Waals surface area contributed by atoms with Crippen LogP contribution in [0.15, 0.2) is 16.7 Å². The van der Waals surface area contributed by atoms with E-state index in [0.717, 1.165) is 29.9 Å². The minimum Gasteiger partial charge on any atom is -0.356 e. The zero-order valence-corrected chi connectivity index (χ0v) is 12.3. The van der Waals surface area contributed by atoms with Gasteiger partial charge in [0.1, 0.15) is 5.82 Å². The molecule has 0 saturated carbocycles. The van der Waals surface area contributed by atoms with Crippen LogP contribution in [-0.2, 0) is 6.54 Å². The van der Waals surface area contributed by atoms with Crippen molar-refractivity contribution in [3.63, 3.8) is 0 Å². The average molecular weight is 298 g/mol. The lowest BCUT2D eigenvalue weighted by Crippen LogP contribution is -2.25. The van der Waals surface area contributed by atoms with E-state index in [1.165, 1.54) is 12.0 Å². The summed E-state index contributed by atoms with van der Waals surface area (Å²) in [5.74, 6) is 1.13. The van der Waals surface area contributed by atoms with Gasteiger partial charge in [0.2, 0.25) is 0 Å². The molecule has 0 spiro atoms. The van der Waals surface area contributed by atoms with Gasteiger partial charge in [-0.25, -0.2) is 4.98 Å². The molecule has 1 N–H and O–H groups in total. The molecule has 4 heteroatoms.